The van der Waals surface area contributed by atoms with Crippen LogP contribution in [0.3, 0.4) is 0 Å². The lowest BCUT2D eigenvalue weighted by Gasteiger charge is -2.23. The lowest BCUT2D eigenvalue weighted by molar-refractivity contribution is -0.122. The van der Waals surface area contributed by atoms with Crippen LogP contribution in [0.25, 0.3) is 0 Å². The van der Waals surface area contributed by atoms with Crippen LogP contribution in [0.1, 0.15) is 27.2 Å². The molecule has 0 saturated heterocycles. The van der Waals surface area contributed by atoms with E-state index in [1.807, 2.05) is 0 Å². The summed E-state index contributed by atoms with van der Waals surface area (Å²) in [6.45, 7) is 7.76. The van der Waals surface area contributed by atoms with Gasteiger partial charge < -0.3 is 25.4 Å². The van der Waals surface area contributed by atoms with Crippen molar-refractivity contribution in [2.24, 2.45) is 5.92 Å². The van der Waals surface area contributed by atoms with E-state index in [0.717, 1.165) is 13.0 Å². The van der Waals surface area contributed by atoms with E-state index in [1.54, 1.807) is 25.1 Å². The molecule has 0 saturated carbocycles. The molecule has 7 heteroatoms. The Hall–Kier alpha value is -2.28. The molecule has 1 atom stereocenters. The Morgan fingerprint density at radius 3 is 2.96 bits per heavy atom. The third-order valence-corrected chi connectivity index (χ3v) is 3.37. The van der Waals surface area contributed by atoms with Gasteiger partial charge in [-0.3, -0.25) is 4.79 Å². The topological polar surface area (TPSA) is 88.7 Å². The van der Waals surface area contributed by atoms with Crippen molar-refractivity contribution in [3.63, 3.8) is 0 Å². The van der Waals surface area contributed by atoms with Crippen molar-refractivity contribution in [2.75, 3.05) is 30.4 Å². The minimum Gasteiger partial charge on any atom is -0.479 e. The molecule has 1 unspecified atom stereocenters. The van der Waals surface area contributed by atoms with Crippen LogP contribution in [-0.4, -0.2) is 37.8 Å². The molecule has 1 aromatic rings. The van der Waals surface area contributed by atoms with Gasteiger partial charge in [0, 0.05) is 25.4 Å². The molecule has 0 spiro atoms. The second kappa shape index (κ2) is 8.54. The number of amides is 3. The zero-order valence-corrected chi connectivity index (χ0v) is 14.3. The molecule has 7 nitrogen and oxygen atoms in total. The summed E-state index contributed by atoms with van der Waals surface area (Å²) in [5, 5.41) is 8.24. The fourth-order valence-electron chi connectivity index (χ4n) is 2.16. The van der Waals surface area contributed by atoms with Gasteiger partial charge in [0.25, 0.3) is 5.91 Å². The van der Waals surface area contributed by atoms with Crippen LogP contribution in [0.15, 0.2) is 18.2 Å². The number of anilines is 2. The van der Waals surface area contributed by atoms with Gasteiger partial charge in [-0.1, -0.05) is 13.8 Å². The van der Waals surface area contributed by atoms with Gasteiger partial charge in [-0.2, -0.15) is 0 Å². The summed E-state index contributed by atoms with van der Waals surface area (Å²) in [4.78, 5) is 23.5. The maximum Gasteiger partial charge on any atom is 0.319 e. The van der Waals surface area contributed by atoms with E-state index in [9.17, 15) is 9.59 Å². The minimum absolute atomic E-state index is 0.203. The van der Waals surface area contributed by atoms with Crippen LogP contribution < -0.4 is 20.7 Å². The molecule has 1 aliphatic rings. The third-order valence-electron chi connectivity index (χ3n) is 3.37. The fraction of sp³-hybridized carbons (Fsp3) is 0.529. The third kappa shape index (κ3) is 5.42. The number of fused-ring (bicyclic) bond motifs is 1. The zero-order valence-electron chi connectivity index (χ0n) is 14.3. The van der Waals surface area contributed by atoms with E-state index < -0.39 is 6.10 Å². The van der Waals surface area contributed by atoms with Crippen molar-refractivity contribution in [3.05, 3.63) is 18.2 Å². The summed E-state index contributed by atoms with van der Waals surface area (Å²) >= 11 is 0. The number of carbonyl (C=O) groups is 2. The SMILES string of the molecule is CC(C)COCCCNC(=O)Nc1ccc2c(c1)NC(=O)C(C)O2. The van der Waals surface area contributed by atoms with Gasteiger partial charge in [0.1, 0.15) is 5.75 Å². The van der Waals surface area contributed by atoms with Crippen molar-refractivity contribution < 1.29 is 19.1 Å². The second-order valence-corrected chi connectivity index (χ2v) is 6.16. The molecule has 2 rings (SSSR count). The molecular weight excluding hydrogens is 310 g/mol. The highest BCUT2D eigenvalue weighted by Crippen LogP contribution is 2.32. The van der Waals surface area contributed by atoms with Crippen LogP contribution >= 0.6 is 0 Å². The lowest BCUT2D eigenvalue weighted by atomic mass is 10.2. The van der Waals surface area contributed by atoms with Crippen molar-refractivity contribution in [1.82, 2.24) is 5.32 Å². The van der Waals surface area contributed by atoms with Crippen molar-refractivity contribution in [2.45, 2.75) is 33.3 Å². The van der Waals surface area contributed by atoms with Crippen LogP contribution in [0.5, 0.6) is 5.75 Å². The molecule has 24 heavy (non-hydrogen) atoms. The minimum atomic E-state index is -0.516. The molecule has 0 aromatic heterocycles. The summed E-state index contributed by atoms with van der Waals surface area (Å²) < 4.78 is 10.9. The fourth-order valence-corrected chi connectivity index (χ4v) is 2.16. The Kier molecular flexibility index (Phi) is 6.43. The van der Waals surface area contributed by atoms with E-state index in [2.05, 4.69) is 29.8 Å². The molecule has 1 heterocycles. The predicted octanol–water partition coefficient (Wildman–Crippen LogP) is 2.59. The molecule has 0 fully saturated rings. The maximum absolute atomic E-state index is 11.9. The first kappa shape index (κ1) is 18.1. The molecular formula is C17H25N3O4. The standard InChI is InChI=1S/C17H25N3O4/c1-11(2)10-23-8-4-7-18-17(22)19-13-5-6-15-14(9-13)20-16(21)12(3)24-15/h5-6,9,11-12H,4,7-8,10H2,1-3H3,(H,20,21)(H2,18,19,22). The van der Waals surface area contributed by atoms with Gasteiger partial charge in [-0.25, -0.2) is 4.79 Å². The quantitative estimate of drug-likeness (QED) is 0.668. The molecule has 0 bridgehead atoms. The van der Waals surface area contributed by atoms with Gasteiger partial charge in [0.05, 0.1) is 5.69 Å². The van der Waals surface area contributed by atoms with Gasteiger partial charge in [-0.05, 0) is 37.5 Å². The average Bonchev–Trinajstić information content (AvgIpc) is 2.52. The molecule has 0 aliphatic carbocycles. The molecule has 0 radical (unpaired) electrons. The van der Waals surface area contributed by atoms with E-state index >= 15 is 0 Å². The number of ether oxygens (including phenoxy) is 2. The van der Waals surface area contributed by atoms with Gasteiger partial charge in [0.15, 0.2) is 6.10 Å². The number of rotatable bonds is 7. The predicted molar refractivity (Wildman–Crippen MR) is 92.5 cm³/mol. The van der Waals surface area contributed by atoms with Crippen molar-refractivity contribution >= 4 is 23.3 Å². The highest BCUT2D eigenvalue weighted by molar-refractivity contribution is 5.99. The summed E-state index contributed by atoms with van der Waals surface area (Å²) in [6.07, 6.45) is 0.240. The largest absolute Gasteiger partial charge is 0.479 e. The first-order valence-electron chi connectivity index (χ1n) is 8.20. The highest BCUT2D eigenvalue weighted by atomic mass is 16.5. The van der Waals surface area contributed by atoms with Crippen molar-refractivity contribution in [3.8, 4) is 5.75 Å². The molecule has 3 N–H and O–H groups in total. The van der Waals surface area contributed by atoms with Crippen LogP contribution in [0.2, 0.25) is 0 Å². The molecule has 3 amide bonds. The van der Waals surface area contributed by atoms with Gasteiger partial charge >= 0.3 is 6.03 Å². The zero-order chi connectivity index (χ0) is 17.5. The first-order chi connectivity index (χ1) is 11.5. The summed E-state index contributed by atoms with van der Waals surface area (Å²) in [5.41, 5.74) is 1.14. The number of hydrogen-bond acceptors (Lipinski definition) is 4. The first-order valence-corrected chi connectivity index (χ1v) is 8.20. The Bertz CT molecular complexity index is 589. The van der Waals surface area contributed by atoms with Crippen molar-refractivity contribution in [1.29, 1.82) is 0 Å². The smallest absolute Gasteiger partial charge is 0.319 e. The van der Waals surface area contributed by atoms with Crippen LogP contribution in [0, 0.1) is 5.92 Å². The van der Waals surface area contributed by atoms with Gasteiger partial charge in [-0.15, -0.1) is 0 Å². The molecule has 1 aromatic carbocycles. The lowest BCUT2D eigenvalue weighted by Crippen LogP contribution is -2.34. The van der Waals surface area contributed by atoms with E-state index in [1.165, 1.54) is 0 Å². The van der Waals surface area contributed by atoms with E-state index in [0.29, 0.717) is 36.2 Å². The average molecular weight is 335 g/mol. The Morgan fingerprint density at radius 1 is 1.42 bits per heavy atom. The van der Waals surface area contributed by atoms with E-state index in [-0.39, 0.29) is 11.9 Å². The number of benzene rings is 1. The van der Waals surface area contributed by atoms with E-state index in [4.69, 9.17) is 9.47 Å². The Morgan fingerprint density at radius 2 is 2.21 bits per heavy atom. The second-order valence-electron chi connectivity index (χ2n) is 6.16. The van der Waals surface area contributed by atoms with Crippen LogP contribution in [-0.2, 0) is 9.53 Å². The molecule has 1 aliphatic heterocycles. The normalized spacial score (nSPS) is 16.2. The number of urea groups is 1. The molecule has 132 valence electrons. The summed E-state index contributed by atoms with van der Waals surface area (Å²) in [5.74, 6) is 0.901. The number of hydrogen-bond donors (Lipinski definition) is 3. The van der Waals surface area contributed by atoms with Crippen LogP contribution in [0.4, 0.5) is 16.2 Å². The summed E-state index contributed by atoms with van der Waals surface area (Å²) in [6, 6.07) is 4.83. The number of nitrogens with one attached hydrogen (secondary N) is 3. The Labute approximate surface area is 142 Å². The summed E-state index contributed by atoms with van der Waals surface area (Å²) in [7, 11) is 0. The highest BCUT2D eigenvalue weighted by Gasteiger charge is 2.23. The monoisotopic (exact) mass is 335 g/mol. The number of carbonyl (C=O) groups excluding carboxylic acids is 2. The van der Waals surface area contributed by atoms with Gasteiger partial charge in [0.2, 0.25) is 0 Å². The maximum atomic E-state index is 11.9. The Balaban J connectivity index is 1.74.